The van der Waals surface area contributed by atoms with E-state index in [1.54, 1.807) is 30.5 Å². The summed E-state index contributed by atoms with van der Waals surface area (Å²) in [6.07, 6.45) is 2.39. The Hall–Kier alpha value is -3.73. The van der Waals surface area contributed by atoms with E-state index in [9.17, 15) is 25.4 Å². The van der Waals surface area contributed by atoms with E-state index in [1.165, 1.54) is 0 Å². The second-order valence-corrected chi connectivity index (χ2v) is 5.37. The quantitative estimate of drug-likeness (QED) is 0.639. The Kier molecular flexibility index (Phi) is 3.05. The van der Waals surface area contributed by atoms with E-state index in [0.717, 1.165) is 11.6 Å². The van der Waals surface area contributed by atoms with E-state index in [1.807, 2.05) is 0 Å². The fourth-order valence-corrected chi connectivity index (χ4v) is 3.05. The number of fused-ring (bicyclic) bond motifs is 2. The SMILES string of the molecule is O=[N+]([O-])C1=CC([N+](=O)[O-])=C2C(=NON2O)C1c1c[nH]c2ccccc12. The van der Waals surface area contributed by atoms with E-state index >= 15 is 0 Å². The zero-order valence-electron chi connectivity index (χ0n) is 12.3. The lowest BCUT2D eigenvalue weighted by Gasteiger charge is -2.18. The van der Waals surface area contributed by atoms with Crippen LogP contribution in [0.15, 0.2) is 58.8 Å². The van der Waals surface area contributed by atoms with Gasteiger partial charge in [-0.1, -0.05) is 23.4 Å². The third-order valence-electron chi connectivity index (χ3n) is 4.09. The number of rotatable bonds is 3. The maximum Gasteiger partial charge on any atom is 0.307 e. The van der Waals surface area contributed by atoms with Crippen molar-refractivity contribution in [2.45, 2.75) is 5.92 Å². The topological polar surface area (TPSA) is 147 Å². The number of aromatic amines is 1. The lowest BCUT2D eigenvalue weighted by Crippen LogP contribution is -2.30. The Balaban J connectivity index is 1.98. The lowest BCUT2D eigenvalue weighted by molar-refractivity contribution is -0.440. The van der Waals surface area contributed by atoms with Crippen LogP contribution in [0, 0.1) is 20.2 Å². The Morgan fingerprint density at radius 3 is 2.72 bits per heavy atom. The van der Waals surface area contributed by atoms with Crippen LogP contribution in [0.3, 0.4) is 0 Å². The van der Waals surface area contributed by atoms with Gasteiger partial charge in [-0.15, -0.1) is 0 Å². The third kappa shape index (κ3) is 2.06. The molecule has 1 aromatic carbocycles. The summed E-state index contributed by atoms with van der Waals surface area (Å²) in [5.74, 6) is -1.04. The molecule has 2 aliphatic rings. The molecule has 0 amide bonds. The number of allylic oxidation sites excluding steroid dienone is 3. The van der Waals surface area contributed by atoms with Crippen LogP contribution in [0.1, 0.15) is 11.5 Å². The molecule has 11 heteroatoms. The van der Waals surface area contributed by atoms with Crippen molar-refractivity contribution < 1.29 is 20.0 Å². The van der Waals surface area contributed by atoms with Gasteiger partial charge in [-0.3, -0.25) is 25.4 Å². The van der Waals surface area contributed by atoms with Gasteiger partial charge in [-0.25, -0.2) is 4.94 Å². The Morgan fingerprint density at radius 1 is 1.24 bits per heavy atom. The number of para-hydroxylation sites is 1. The van der Waals surface area contributed by atoms with Crippen LogP contribution in [0.5, 0.6) is 0 Å². The number of nitro groups is 2. The number of hydrogen-bond donors (Lipinski definition) is 2. The first-order valence-electron chi connectivity index (χ1n) is 7.04. The molecule has 0 radical (unpaired) electrons. The standard InChI is InChI=1S/C14H9N5O6/c20-17(21)10-5-11(18(22)23)14-13(16-25-19(14)24)12(10)8-6-15-9-4-2-1-3-7(8)9/h1-6,12,15,24H. The zero-order chi connectivity index (χ0) is 17.7. The fourth-order valence-electron chi connectivity index (χ4n) is 3.05. The second kappa shape index (κ2) is 5.14. The molecule has 25 heavy (non-hydrogen) atoms. The molecule has 0 saturated heterocycles. The van der Waals surface area contributed by atoms with E-state index in [0.29, 0.717) is 10.9 Å². The highest BCUT2D eigenvalue weighted by atomic mass is 17.0. The summed E-state index contributed by atoms with van der Waals surface area (Å²) in [5, 5.41) is 37.0. The molecule has 2 aromatic rings. The zero-order valence-corrected chi connectivity index (χ0v) is 12.3. The van der Waals surface area contributed by atoms with Gasteiger partial charge >= 0.3 is 5.70 Å². The van der Waals surface area contributed by atoms with E-state index in [4.69, 9.17) is 0 Å². The molecule has 11 nitrogen and oxygen atoms in total. The molecule has 1 aromatic heterocycles. The largest absolute Gasteiger partial charge is 0.361 e. The summed E-state index contributed by atoms with van der Waals surface area (Å²) in [5.41, 5.74) is -0.291. The van der Waals surface area contributed by atoms with Crippen molar-refractivity contribution in [2.75, 3.05) is 0 Å². The first-order valence-corrected chi connectivity index (χ1v) is 7.04. The first kappa shape index (κ1) is 14.8. The van der Waals surface area contributed by atoms with Crippen molar-refractivity contribution in [1.82, 2.24) is 10.2 Å². The van der Waals surface area contributed by atoms with Gasteiger partial charge < -0.3 is 4.98 Å². The van der Waals surface area contributed by atoms with Crippen LogP contribution in [0.4, 0.5) is 0 Å². The summed E-state index contributed by atoms with van der Waals surface area (Å²) >= 11 is 0. The highest BCUT2D eigenvalue weighted by Crippen LogP contribution is 2.41. The average Bonchev–Trinajstić information content (AvgIpc) is 3.17. The highest BCUT2D eigenvalue weighted by Gasteiger charge is 2.48. The molecule has 0 fully saturated rings. The van der Waals surface area contributed by atoms with Crippen molar-refractivity contribution in [2.24, 2.45) is 5.16 Å². The smallest absolute Gasteiger partial charge is 0.307 e. The van der Waals surface area contributed by atoms with Crippen LogP contribution in [-0.4, -0.2) is 31.0 Å². The summed E-state index contributed by atoms with van der Waals surface area (Å²) in [6, 6.07) is 7.12. The van der Waals surface area contributed by atoms with Crippen molar-refractivity contribution >= 4 is 16.6 Å². The minimum Gasteiger partial charge on any atom is -0.361 e. The van der Waals surface area contributed by atoms with Gasteiger partial charge in [0.25, 0.3) is 5.70 Å². The Labute approximate surface area is 138 Å². The number of nitrogens with one attached hydrogen (secondary N) is 1. The van der Waals surface area contributed by atoms with Crippen molar-refractivity contribution in [1.29, 1.82) is 0 Å². The van der Waals surface area contributed by atoms with Gasteiger partial charge in [0, 0.05) is 17.1 Å². The number of hydrogen-bond acceptors (Lipinski definition) is 8. The molecule has 1 atom stereocenters. The van der Waals surface area contributed by atoms with Gasteiger partial charge in [-0.2, -0.15) is 0 Å². The Morgan fingerprint density at radius 2 is 2.00 bits per heavy atom. The average molecular weight is 343 g/mol. The molecule has 1 unspecified atom stereocenters. The van der Waals surface area contributed by atoms with Crippen LogP contribution >= 0.6 is 0 Å². The minimum atomic E-state index is -1.04. The molecule has 1 aliphatic heterocycles. The number of hydroxylamine groups is 2. The third-order valence-corrected chi connectivity index (χ3v) is 4.09. The first-order chi connectivity index (χ1) is 12.0. The number of oxime groups is 1. The second-order valence-electron chi connectivity index (χ2n) is 5.37. The predicted molar refractivity (Wildman–Crippen MR) is 82.3 cm³/mol. The van der Waals surface area contributed by atoms with Gasteiger partial charge in [0.15, 0.2) is 0 Å². The fraction of sp³-hybridized carbons (Fsp3) is 0.0714. The highest BCUT2D eigenvalue weighted by molar-refractivity contribution is 6.09. The summed E-state index contributed by atoms with van der Waals surface area (Å²) in [7, 11) is 0. The molecule has 4 rings (SSSR count). The van der Waals surface area contributed by atoms with Crippen molar-refractivity contribution in [3.8, 4) is 0 Å². The van der Waals surface area contributed by atoms with Gasteiger partial charge in [-0.05, 0) is 16.9 Å². The number of nitrogens with zero attached hydrogens (tertiary/aromatic N) is 4. The maximum atomic E-state index is 11.5. The van der Waals surface area contributed by atoms with Crippen LogP contribution < -0.4 is 0 Å². The molecule has 1 aliphatic carbocycles. The van der Waals surface area contributed by atoms with Gasteiger partial charge in [0.2, 0.25) is 5.70 Å². The summed E-state index contributed by atoms with van der Waals surface area (Å²) in [6.45, 7) is 0. The van der Waals surface area contributed by atoms with Crippen LogP contribution in [-0.2, 0) is 4.94 Å². The molecule has 0 spiro atoms. The molecule has 126 valence electrons. The van der Waals surface area contributed by atoms with E-state index in [-0.39, 0.29) is 16.6 Å². The molecule has 2 heterocycles. The van der Waals surface area contributed by atoms with Gasteiger partial charge in [0.1, 0.15) is 11.6 Å². The molecular formula is C14H9N5O6. The summed E-state index contributed by atoms with van der Waals surface area (Å²) in [4.78, 5) is 28.8. The number of H-pyrrole nitrogens is 1. The maximum absolute atomic E-state index is 11.5. The predicted octanol–water partition coefficient (Wildman–Crippen LogP) is 1.91. The van der Waals surface area contributed by atoms with Crippen LogP contribution in [0.2, 0.25) is 0 Å². The molecule has 2 N–H and O–H groups in total. The number of benzene rings is 1. The number of aromatic nitrogens is 1. The molecule has 0 saturated carbocycles. The minimum absolute atomic E-state index is 0.104. The monoisotopic (exact) mass is 343 g/mol. The van der Waals surface area contributed by atoms with Crippen molar-refractivity contribution in [3.05, 3.63) is 79.4 Å². The van der Waals surface area contributed by atoms with Crippen LogP contribution in [0.25, 0.3) is 10.9 Å². The van der Waals surface area contributed by atoms with Gasteiger partial charge in [0.05, 0.1) is 15.9 Å². The molecule has 0 bridgehead atoms. The van der Waals surface area contributed by atoms with E-state index < -0.39 is 27.2 Å². The van der Waals surface area contributed by atoms with Crippen molar-refractivity contribution in [3.63, 3.8) is 0 Å². The lowest BCUT2D eigenvalue weighted by atomic mass is 9.85. The normalized spacial score (nSPS) is 19.4. The summed E-state index contributed by atoms with van der Waals surface area (Å²) < 4.78 is 0. The van der Waals surface area contributed by atoms with E-state index in [2.05, 4.69) is 15.1 Å². The Bertz CT molecular complexity index is 1020. The molecular weight excluding hydrogens is 334 g/mol.